The summed E-state index contributed by atoms with van der Waals surface area (Å²) in [6, 6.07) is 19.1. The fraction of sp³-hybridized carbons (Fsp3) is 0.263. The van der Waals surface area contributed by atoms with E-state index in [0.717, 1.165) is 37.5 Å². The third-order valence-electron chi connectivity index (χ3n) is 3.75. The minimum Gasteiger partial charge on any atom is -0.492 e. The number of unbranched alkanes of at least 4 members (excludes halogenated alkanes) is 2. The standard InChI is InChI=1S/C19H19ClO/c20-12-6-1-7-13-21-19-17-10-4-2-8-15(17)14-16-9-3-5-11-18(16)19/h2-5,8-11,14H,1,6-7,12-13H2. The molecule has 0 heterocycles. The Balaban J connectivity index is 1.96. The highest BCUT2D eigenvalue weighted by molar-refractivity contribution is 6.17. The van der Waals surface area contributed by atoms with Gasteiger partial charge in [0.05, 0.1) is 6.61 Å². The predicted molar refractivity (Wildman–Crippen MR) is 91.5 cm³/mol. The molecule has 108 valence electrons. The second-order valence-corrected chi connectivity index (χ2v) is 5.62. The van der Waals surface area contributed by atoms with E-state index < -0.39 is 0 Å². The summed E-state index contributed by atoms with van der Waals surface area (Å²) < 4.78 is 6.14. The van der Waals surface area contributed by atoms with E-state index in [1.807, 2.05) is 0 Å². The lowest BCUT2D eigenvalue weighted by Gasteiger charge is -2.13. The first kappa shape index (κ1) is 14.2. The Kier molecular flexibility index (Phi) is 4.62. The van der Waals surface area contributed by atoms with Crippen molar-refractivity contribution in [3.05, 3.63) is 54.6 Å². The van der Waals surface area contributed by atoms with Crippen LogP contribution >= 0.6 is 11.6 Å². The fourth-order valence-corrected chi connectivity index (χ4v) is 2.86. The highest BCUT2D eigenvalue weighted by Crippen LogP contribution is 2.34. The van der Waals surface area contributed by atoms with Gasteiger partial charge in [0, 0.05) is 16.7 Å². The van der Waals surface area contributed by atoms with Crippen LogP contribution in [0.1, 0.15) is 19.3 Å². The number of hydrogen-bond donors (Lipinski definition) is 0. The quantitative estimate of drug-likeness (QED) is 0.318. The summed E-state index contributed by atoms with van der Waals surface area (Å²) in [7, 11) is 0. The maximum Gasteiger partial charge on any atom is 0.134 e. The van der Waals surface area contributed by atoms with Crippen LogP contribution in [0.5, 0.6) is 5.75 Å². The van der Waals surface area contributed by atoms with Gasteiger partial charge in [0.25, 0.3) is 0 Å². The van der Waals surface area contributed by atoms with Gasteiger partial charge in [-0.3, -0.25) is 0 Å². The normalized spacial score (nSPS) is 11.1. The van der Waals surface area contributed by atoms with Gasteiger partial charge >= 0.3 is 0 Å². The van der Waals surface area contributed by atoms with Gasteiger partial charge in [-0.2, -0.15) is 0 Å². The monoisotopic (exact) mass is 298 g/mol. The van der Waals surface area contributed by atoms with Gasteiger partial charge in [0.2, 0.25) is 0 Å². The second-order valence-electron chi connectivity index (χ2n) is 5.25. The molecule has 0 amide bonds. The molecule has 0 saturated carbocycles. The molecule has 0 N–H and O–H groups in total. The van der Waals surface area contributed by atoms with Crippen molar-refractivity contribution in [1.82, 2.24) is 0 Å². The van der Waals surface area contributed by atoms with Crippen LogP contribution in [0.3, 0.4) is 0 Å². The van der Waals surface area contributed by atoms with Crippen molar-refractivity contribution in [3.8, 4) is 5.75 Å². The molecule has 0 aromatic heterocycles. The molecule has 0 unspecified atom stereocenters. The zero-order chi connectivity index (χ0) is 14.5. The van der Waals surface area contributed by atoms with Crippen molar-refractivity contribution in [2.24, 2.45) is 0 Å². The second kappa shape index (κ2) is 6.82. The van der Waals surface area contributed by atoms with Crippen molar-refractivity contribution in [2.45, 2.75) is 19.3 Å². The summed E-state index contributed by atoms with van der Waals surface area (Å²) in [5.41, 5.74) is 0. The third kappa shape index (κ3) is 3.14. The lowest BCUT2D eigenvalue weighted by Crippen LogP contribution is -1.99. The van der Waals surface area contributed by atoms with E-state index in [4.69, 9.17) is 16.3 Å². The number of hydrogen-bond acceptors (Lipinski definition) is 1. The smallest absolute Gasteiger partial charge is 0.134 e. The number of halogens is 1. The maximum atomic E-state index is 6.14. The summed E-state index contributed by atoms with van der Waals surface area (Å²) in [6.07, 6.45) is 3.22. The largest absolute Gasteiger partial charge is 0.492 e. The van der Waals surface area contributed by atoms with Gasteiger partial charge in [-0.15, -0.1) is 11.6 Å². The van der Waals surface area contributed by atoms with Gasteiger partial charge < -0.3 is 4.74 Å². The van der Waals surface area contributed by atoms with Gasteiger partial charge in [-0.05, 0) is 36.1 Å². The molecule has 0 aliphatic heterocycles. The molecule has 3 aromatic carbocycles. The molecule has 0 aliphatic rings. The van der Waals surface area contributed by atoms with Crippen molar-refractivity contribution >= 4 is 33.1 Å². The minimum absolute atomic E-state index is 0.733. The van der Waals surface area contributed by atoms with E-state index >= 15 is 0 Å². The molecule has 1 nitrogen and oxygen atoms in total. The Morgan fingerprint density at radius 2 is 1.38 bits per heavy atom. The molecule has 0 radical (unpaired) electrons. The Bertz CT molecular complexity index is 682. The Labute approximate surface area is 130 Å². The minimum atomic E-state index is 0.733. The summed E-state index contributed by atoms with van der Waals surface area (Å²) in [5, 5.41) is 4.83. The first-order valence-electron chi connectivity index (χ1n) is 7.49. The molecular weight excluding hydrogens is 280 g/mol. The molecule has 2 heteroatoms. The summed E-state index contributed by atoms with van der Waals surface area (Å²) >= 11 is 5.71. The molecule has 3 rings (SSSR count). The van der Waals surface area contributed by atoms with Crippen LogP contribution in [0, 0.1) is 0 Å². The topological polar surface area (TPSA) is 9.23 Å². The maximum absolute atomic E-state index is 6.14. The molecule has 0 spiro atoms. The Morgan fingerprint density at radius 1 is 0.762 bits per heavy atom. The lowest BCUT2D eigenvalue weighted by atomic mass is 10.0. The number of ether oxygens (including phenoxy) is 1. The van der Waals surface area contributed by atoms with Crippen molar-refractivity contribution in [2.75, 3.05) is 12.5 Å². The highest BCUT2D eigenvalue weighted by Gasteiger charge is 2.08. The Hall–Kier alpha value is -1.73. The lowest BCUT2D eigenvalue weighted by molar-refractivity contribution is 0.313. The van der Waals surface area contributed by atoms with Crippen LogP contribution in [0.15, 0.2) is 54.6 Å². The number of fused-ring (bicyclic) bond motifs is 2. The van der Waals surface area contributed by atoms with Crippen LogP contribution in [-0.2, 0) is 0 Å². The summed E-state index contributed by atoms with van der Waals surface area (Å²) in [4.78, 5) is 0. The Morgan fingerprint density at radius 3 is 2.00 bits per heavy atom. The van der Waals surface area contributed by atoms with Gasteiger partial charge in [0.15, 0.2) is 0 Å². The molecule has 0 saturated heterocycles. The third-order valence-corrected chi connectivity index (χ3v) is 4.01. The van der Waals surface area contributed by atoms with E-state index in [0.29, 0.717) is 0 Å². The van der Waals surface area contributed by atoms with Crippen LogP contribution in [0.25, 0.3) is 21.5 Å². The van der Waals surface area contributed by atoms with E-state index in [-0.39, 0.29) is 0 Å². The number of benzene rings is 3. The van der Waals surface area contributed by atoms with Crippen LogP contribution in [-0.4, -0.2) is 12.5 Å². The number of rotatable bonds is 6. The van der Waals surface area contributed by atoms with Gasteiger partial charge in [0.1, 0.15) is 5.75 Å². The van der Waals surface area contributed by atoms with Crippen LogP contribution < -0.4 is 4.74 Å². The molecule has 0 fully saturated rings. The predicted octanol–water partition coefficient (Wildman–Crippen LogP) is 5.78. The number of alkyl halides is 1. The van der Waals surface area contributed by atoms with Crippen LogP contribution in [0.4, 0.5) is 0 Å². The molecular formula is C19H19ClO. The van der Waals surface area contributed by atoms with Crippen molar-refractivity contribution in [1.29, 1.82) is 0 Å². The zero-order valence-corrected chi connectivity index (χ0v) is 12.8. The van der Waals surface area contributed by atoms with E-state index in [1.54, 1.807) is 0 Å². The van der Waals surface area contributed by atoms with Gasteiger partial charge in [-0.25, -0.2) is 0 Å². The first-order chi connectivity index (χ1) is 10.4. The average Bonchev–Trinajstić information content (AvgIpc) is 2.53. The summed E-state index contributed by atoms with van der Waals surface area (Å²) in [5.74, 6) is 1.74. The van der Waals surface area contributed by atoms with Crippen LogP contribution in [0.2, 0.25) is 0 Å². The molecule has 0 atom stereocenters. The average molecular weight is 299 g/mol. The van der Waals surface area contributed by atoms with E-state index in [1.165, 1.54) is 21.5 Å². The molecule has 0 aliphatic carbocycles. The van der Waals surface area contributed by atoms with Crippen molar-refractivity contribution in [3.63, 3.8) is 0 Å². The molecule has 3 aromatic rings. The van der Waals surface area contributed by atoms with E-state index in [2.05, 4.69) is 54.6 Å². The first-order valence-corrected chi connectivity index (χ1v) is 8.03. The zero-order valence-electron chi connectivity index (χ0n) is 12.0. The summed E-state index contributed by atoms with van der Waals surface area (Å²) in [6.45, 7) is 0.745. The van der Waals surface area contributed by atoms with Gasteiger partial charge in [-0.1, -0.05) is 48.5 Å². The SMILES string of the molecule is ClCCCCCOc1c2ccccc2cc2ccccc12. The molecule has 0 bridgehead atoms. The fourth-order valence-electron chi connectivity index (χ4n) is 2.67. The highest BCUT2D eigenvalue weighted by atomic mass is 35.5. The molecule has 21 heavy (non-hydrogen) atoms. The van der Waals surface area contributed by atoms with Crippen molar-refractivity contribution < 1.29 is 4.74 Å². The van der Waals surface area contributed by atoms with E-state index in [9.17, 15) is 0 Å².